The van der Waals surface area contributed by atoms with Crippen LogP contribution in [0.2, 0.25) is 0 Å². The lowest BCUT2D eigenvalue weighted by molar-refractivity contribution is 0.586. The van der Waals surface area contributed by atoms with E-state index in [1.54, 1.807) is 16.8 Å². The first kappa shape index (κ1) is 13.1. The molecule has 2 heterocycles. The highest BCUT2D eigenvalue weighted by atomic mass is 32.1. The summed E-state index contributed by atoms with van der Waals surface area (Å²) >= 11 is 1.56. The van der Waals surface area contributed by atoms with E-state index in [-0.39, 0.29) is 0 Å². The Morgan fingerprint density at radius 1 is 1.28 bits per heavy atom. The molecule has 0 saturated carbocycles. The highest BCUT2D eigenvalue weighted by molar-refractivity contribution is 7.07. The van der Waals surface area contributed by atoms with E-state index in [0.29, 0.717) is 12.5 Å². The maximum atomic E-state index is 5.68. The van der Waals surface area contributed by atoms with Crippen LogP contribution in [0.3, 0.4) is 0 Å². The van der Waals surface area contributed by atoms with E-state index in [1.807, 2.05) is 19.2 Å². The second-order valence-corrected chi connectivity index (χ2v) is 5.33. The summed E-state index contributed by atoms with van der Waals surface area (Å²) < 4.78 is 0. The Hall–Kier alpha value is -1.33. The van der Waals surface area contributed by atoms with Crippen molar-refractivity contribution in [2.24, 2.45) is 11.7 Å². The van der Waals surface area contributed by atoms with Crippen LogP contribution in [0.4, 0.5) is 0 Å². The molecule has 2 aromatic rings. The van der Waals surface area contributed by atoms with Crippen LogP contribution in [0.15, 0.2) is 10.9 Å². The van der Waals surface area contributed by atoms with Crippen LogP contribution in [0.5, 0.6) is 0 Å². The predicted molar refractivity (Wildman–Crippen MR) is 74.5 cm³/mol. The van der Waals surface area contributed by atoms with Gasteiger partial charge in [-0.25, -0.2) is 15.0 Å². The van der Waals surface area contributed by atoms with Gasteiger partial charge in [-0.15, -0.1) is 11.3 Å². The molecule has 4 nitrogen and oxygen atoms in total. The molecule has 0 fully saturated rings. The van der Waals surface area contributed by atoms with Crippen LogP contribution in [0.25, 0.3) is 11.5 Å². The molecule has 2 aromatic heterocycles. The van der Waals surface area contributed by atoms with Crippen molar-refractivity contribution in [2.75, 3.05) is 6.54 Å². The zero-order valence-corrected chi connectivity index (χ0v) is 11.8. The summed E-state index contributed by atoms with van der Waals surface area (Å²) in [5, 5.41) is 1.97. The fraction of sp³-hybridized carbons (Fsp3) is 0.462. The molecular formula is C13H18N4S. The van der Waals surface area contributed by atoms with Gasteiger partial charge in [0, 0.05) is 16.8 Å². The van der Waals surface area contributed by atoms with Crippen LogP contribution in [-0.2, 0) is 6.42 Å². The molecule has 5 heteroatoms. The molecule has 0 aliphatic heterocycles. The molecule has 0 aliphatic carbocycles. The molecule has 0 saturated heterocycles. The largest absolute Gasteiger partial charge is 0.330 e. The molecule has 1 unspecified atom stereocenters. The summed E-state index contributed by atoms with van der Waals surface area (Å²) in [6.45, 7) is 6.90. The number of thiazole rings is 1. The van der Waals surface area contributed by atoms with E-state index in [2.05, 4.69) is 21.9 Å². The summed E-state index contributed by atoms with van der Waals surface area (Å²) in [5.74, 6) is 1.17. The van der Waals surface area contributed by atoms with E-state index < -0.39 is 0 Å². The molecule has 2 N–H and O–H groups in total. The summed E-state index contributed by atoms with van der Waals surface area (Å²) in [6, 6.07) is 0. The number of nitrogens with two attached hydrogens (primary N) is 1. The summed E-state index contributed by atoms with van der Waals surface area (Å²) in [4.78, 5) is 13.4. The number of rotatable bonds is 4. The van der Waals surface area contributed by atoms with Crippen molar-refractivity contribution in [3.63, 3.8) is 0 Å². The number of hydrogen-bond donors (Lipinski definition) is 1. The third-order valence-electron chi connectivity index (χ3n) is 3.04. The molecule has 2 rings (SSSR count). The lowest BCUT2D eigenvalue weighted by Gasteiger charge is -2.13. The summed E-state index contributed by atoms with van der Waals surface area (Å²) in [6.07, 6.45) is 0.936. The number of aryl methyl sites for hydroxylation is 2. The van der Waals surface area contributed by atoms with Gasteiger partial charge in [-0.05, 0) is 38.3 Å². The van der Waals surface area contributed by atoms with Crippen LogP contribution < -0.4 is 5.73 Å². The highest BCUT2D eigenvalue weighted by Crippen LogP contribution is 2.20. The molecule has 18 heavy (non-hydrogen) atoms. The van der Waals surface area contributed by atoms with E-state index >= 15 is 0 Å². The molecule has 0 radical (unpaired) electrons. The Bertz CT molecular complexity index is 499. The SMILES string of the molecule is Cc1nc(-c2cscn2)nc(C)c1CC(C)CN. The van der Waals surface area contributed by atoms with Gasteiger partial charge in [-0.1, -0.05) is 6.92 Å². The van der Waals surface area contributed by atoms with Gasteiger partial charge < -0.3 is 5.73 Å². The van der Waals surface area contributed by atoms with Crippen molar-refractivity contribution < 1.29 is 0 Å². The molecular weight excluding hydrogens is 244 g/mol. The van der Waals surface area contributed by atoms with Gasteiger partial charge in [-0.2, -0.15) is 0 Å². The molecule has 0 aromatic carbocycles. The average Bonchev–Trinajstić information content (AvgIpc) is 2.87. The Morgan fingerprint density at radius 3 is 2.44 bits per heavy atom. The normalized spacial score (nSPS) is 12.7. The van der Waals surface area contributed by atoms with E-state index in [0.717, 1.165) is 29.3 Å². The highest BCUT2D eigenvalue weighted by Gasteiger charge is 2.13. The monoisotopic (exact) mass is 262 g/mol. The smallest absolute Gasteiger partial charge is 0.179 e. The summed E-state index contributed by atoms with van der Waals surface area (Å²) in [5.41, 5.74) is 11.6. The molecule has 0 spiro atoms. The lowest BCUT2D eigenvalue weighted by Crippen LogP contribution is -2.15. The maximum absolute atomic E-state index is 5.68. The Balaban J connectivity index is 2.35. The van der Waals surface area contributed by atoms with Crippen LogP contribution >= 0.6 is 11.3 Å². The van der Waals surface area contributed by atoms with Crippen molar-refractivity contribution in [2.45, 2.75) is 27.2 Å². The number of nitrogens with zero attached hydrogens (tertiary/aromatic N) is 3. The van der Waals surface area contributed by atoms with Crippen molar-refractivity contribution in [1.82, 2.24) is 15.0 Å². The Kier molecular flexibility index (Phi) is 4.04. The second-order valence-electron chi connectivity index (χ2n) is 4.62. The molecule has 96 valence electrons. The first-order chi connectivity index (χ1) is 8.61. The minimum atomic E-state index is 0.455. The minimum Gasteiger partial charge on any atom is -0.330 e. The lowest BCUT2D eigenvalue weighted by atomic mass is 9.99. The summed E-state index contributed by atoms with van der Waals surface area (Å²) in [7, 11) is 0. The molecule has 0 amide bonds. The van der Waals surface area contributed by atoms with Gasteiger partial charge in [0.15, 0.2) is 5.82 Å². The second kappa shape index (κ2) is 5.54. The van der Waals surface area contributed by atoms with Gasteiger partial charge in [0.2, 0.25) is 0 Å². The van der Waals surface area contributed by atoms with Crippen molar-refractivity contribution in [1.29, 1.82) is 0 Å². The zero-order chi connectivity index (χ0) is 13.1. The first-order valence-corrected chi connectivity index (χ1v) is 6.98. The number of aromatic nitrogens is 3. The van der Waals surface area contributed by atoms with Gasteiger partial charge in [0.05, 0.1) is 5.51 Å². The molecule has 0 bridgehead atoms. The van der Waals surface area contributed by atoms with E-state index in [4.69, 9.17) is 5.73 Å². The van der Waals surface area contributed by atoms with Gasteiger partial charge in [-0.3, -0.25) is 0 Å². The quantitative estimate of drug-likeness (QED) is 0.918. The topological polar surface area (TPSA) is 64.7 Å². The van der Waals surface area contributed by atoms with Crippen LogP contribution in [0, 0.1) is 19.8 Å². The van der Waals surface area contributed by atoms with Crippen LogP contribution in [0.1, 0.15) is 23.9 Å². The third kappa shape index (κ3) is 2.73. The van der Waals surface area contributed by atoms with Crippen molar-refractivity contribution in [3.05, 3.63) is 27.8 Å². The van der Waals surface area contributed by atoms with Crippen molar-refractivity contribution >= 4 is 11.3 Å². The Labute approximate surface area is 111 Å². The van der Waals surface area contributed by atoms with Gasteiger partial charge in [0.1, 0.15) is 5.69 Å². The van der Waals surface area contributed by atoms with Crippen molar-refractivity contribution in [3.8, 4) is 11.5 Å². The third-order valence-corrected chi connectivity index (χ3v) is 3.62. The van der Waals surface area contributed by atoms with E-state index in [9.17, 15) is 0 Å². The Morgan fingerprint density at radius 2 is 1.94 bits per heavy atom. The van der Waals surface area contributed by atoms with Gasteiger partial charge in [0.25, 0.3) is 0 Å². The standard InChI is InChI=1S/C13H18N4S/c1-8(5-14)4-11-9(2)16-13(17-10(11)3)12-6-18-7-15-12/h6-8H,4-5,14H2,1-3H3. The van der Waals surface area contributed by atoms with Crippen LogP contribution in [-0.4, -0.2) is 21.5 Å². The minimum absolute atomic E-state index is 0.455. The first-order valence-electron chi connectivity index (χ1n) is 6.04. The van der Waals surface area contributed by atoms with E-state index in [1.165, 1.54) is 5.56 Å². The zero-order valence-electron chi connectivity index (χ0n) is 11.0. The predicted octanol–water partition coefficient (Wildman–Crippen LogP) is 2.35. The molecule has 0 aliphatic rings. The molecule has 1 atom stereocenters. The number of hydrogen-bond acceptors (Lipinski definition) is 5. The fourth-order valence-electron chi connectivity index (χ4n) is 1.90. The maximum Gasteiger partial charge on any atom is 0.179 e. The van der Waals surface area contributed by atoms with Gasteiger partial charge >= 0.3 is 0 Å². The average molecular weight is 262 g/mol. The fourth-order valence-corrected chi connectivity index (χ4v) is 2.43.